The molecule has 3 atom stereocenters. The van der Waals surface area contributed by atoms with Gasteiger partial charge in [-0.3, -0.25) is 0 Å². The second-order valence-electron chi connectivity index (χ2n) is 9.46. The standard InChI is InChI=1S/C24H39N5O4P4/c1-2-13-34(30,14-3-8-25)19-21-36(32,17-6-11-28)23-24-37(33,18-7-12-29)22-20-35(31,15-4-9-26)16-5-10-27/h2-7,13-24H2,1H3. The van der Waals surface area contributed by atoms with E-state index in [4.69, 9.17) is 26.3 Å². The van der Waals surface area contributed by atoms with Crippen LogP contribution >= 0.6 is 28.6 Å². The van der Waals surface area contributed by atoms with Crippen LogP contribution in [0.25, 0.3) is 0 Å². The summed E-state index contributed by atoms with van der Waals surface area (Å²) in [6.07, 6.45) is 3.19. The average molecular weight is 586 g/mol. The number of nitriles is 5. The summed E-state index contributed by atoms with van der Waals surface area (Å²) < 4.78 is 54.3. The molecule has 9 nitrogen and oxygen atoms in total. The molecule has 0 aliphatic carbocycles. The first-order chi connectivity index (χ1) is 17.5. The Morgan fingerprint density at radius 2 is 0.568 bits per heavy atom. The van der Waals surface area contributed by atoms with Crippen molar-refractivity contribution in [2.75, 3.05) is 73.9 Å². The molecule has 204 valence electrons. The van der Waals surface area contributed by atoms with Gasteiger partial charge in [-0.1, -0.05) is 6.92 Å². The Balaban J connectivity index is 5.69. The molecule has 0 spiro atoms. The molecule has 0 rings (SSSR count). The predicted molar refractivity (Wildman–Crippen MR) is 150 cm³/mol. The Morgan fingerprint density at radius 3 is 0.757 bits per heavy atom. The lowest BCUT2D eigenvalue weighted by molar-refractivity contribution is 0.564. The van der Waals surface area contributed by atoms with Gasteiger partial charge >= 0.3 is 0 Å². The summed E-state index contributed by atoms with van der Waals surface area (Å²) >= 11 is 0. The highest BCUT2D eigenvalue weighted by atomic mass is 31.2. The Kier molecular flexibility index (Phi) is 17.8. The van der Waals surface area contributed by atoms with Crippen molar-refractivity contribution in [1.82, 2.24) is 0 Å². The van der Waals surface area contributed by atoms with Gasteiger partial charge in [-0.15, -0.1) is 0 Å². The first-order valence-corrected chi connectivity index (χ1v) is 21.7. The molecule has 0 amide bonds. The summed E-state index contributed by atoms with van der Waals surface area (Å²) in [7, 11) is -11.6. The van der Waals surface area contributed by atoms with Crippen LogP contribution in [0.2, 0.25) is 0 Å². The molecule has 0 aromatic carbocycles. The van der Waals surface area contributed by atoms with Crippen LogP contribution in [0.3, 0.4) is 0 Å². The summed E-state index contributed by atoms with van der Waals surface area (Å²) in [4.78, 5) is 0. The van der Waals surface area contributed by atoms with E-state index in [1.54, 1.807) is 0 Å². The third-order valence-electron chi connectivity index (χ3n) is 6.53. The Labute approximate surface area is 222 Å². The van der Waals surface area contributed by atoms with E-state index in [-0.39, 0.29) is 99.9 Å². The Morgan fingerprint density at radius 1 is 0.378 bits per heavy atom. The zero-order valence-corrected chi connectivity index (χ0v) is 25.5. The second kappa shape index (κ2) is 18.6. The van der Waals surface area contributed by atoms with Crippen LogP contribution in [-0.2, 0) is 18.3 Å². The first kappa shape index (κ1) is 35.4. The quantitative estimate of drug-likeness (QED) is 0.137. The molecule has 0 aromatic rings. The lowest BCUT2D eigenvalue weighted by atomic mass is 10.5. The van der Waals surface area contributed by atoms with Gasteiger partial charge in [0.15, 0.2) is 0 Å². The molecule has 0 bridgehead atoms. The van der Waals surface area contributed by atoms with Crippen molar-refractivity contribution >= 4 is 28.6 Å². The summed E-state index contributed by atoms with van der Waals surface area (Å²) in [5.41, 5.74) is 0. The number of hydrogen-bond donors (Lipinski definition) is 0. The van der Waals surface area contributed by atoms with Crippen LogP contribution < -0.4 is 0 Å². The number of rotatable bonds is 21. The van der Waals surface area contributed by atoms with Crippen molar-refractivity contribution in [3.05, 3.63) is 0 Å². The van der Waals surface area contributed by atoms with Gasteiger partial charge in [-0.2, -0.15) is 26.3 Å². The largest absolute Gasteiger partial charge is 0.324 e. The molecule has 0 heterocycles. The van der Waals surface area contributed by atoms with Crippen molar-refractivity contribution in [3.8, 4) is 30.3 Å². The van der Waals surface area contributed by atoms with Gasteiger partial charge in [-0.05, 0) is 6.42 Å². The molecular formula is C24H39N5O4P4. The van der Waals surface area contributed by atoms with E-state index in [2.05, 4.69) is 0 Å². The highest BCUT2D eigenvalue weighted by molar-refractivity contribution is 7.70. The molecule has 0 aliphatic rings. The van der Waals surface area contributed by atoms with Gasteiger partial charge in [0.05, 0.1) is 58.9 Å². The molecule has 13 heteroatoms. The van der Waals surface area contributed by atoms with Gasteiger partial charge in [0.25, 0.3) is 0 Å². The topological polar surface area (TPSA) is 187 Å². The minimum absolute atomic E-state index is 0.0420. The van der Waals surface area contributed by atoms with Crippen molar-refractivity contribution in [2.45, 2.75) is 45.4 Å². The number of hydrogen-bond acceptors (Lipinski definition) is 9. The molecular weight excluding hydrogens is 546 g/mol. The Bertz CT molecular complexity index is 1100. The van der Waals surface area contributed by atoms with Crippen molar-refractivity contribution in [1.29, 1.82) is 26.3 Å². The minimum atomic E-state index is -3.05. The zero-order valence-electron chi connectivity index (χ0n) is 21.9. The molecule has 37 heavy (non-hydrogen) atoms. The van der Waals surface area contributed by atoms with Gasteiger partial charge in [0, 0.05) is 106 Å². The fourth-order valence-corrected chi connectivity index (χ4v) is 18.9. The van der Waals surface area contributed by atoms with Crippen molar-refractivity contribution in [2.24, 2.45) is 0 Å². The maximum absolute atomic E-state index is 13.9. The van der Waals surface area contributed by atoms with Crippen LogP contribution in [0.15, 0.2) is 0 Å². The van der Waals surface area contributed by atoms with E-state index in [0.29, 0.717) is 12.6 Å². The Hall–Kier alpha value is -1.63. The molecule has 0 saturated heterocycles. The summed E-state index contributed by atoms with van der Waals surface area (Å²) in [6, 6.07) is 9.97. The summed E-state index contributed by atoms with van der Waals surface area (Å²) in [5.74, 6) is 0. The monoisotopic (exact) mass is 585 g/mol. The third-order valence-corrected chi connectivity index (χ3v) is 20.3. The highest BCUT2D eigenvalue weighted by Gasteiger charge is 2.33. The van der Waals surface area contributed by atoms with Crippen LogP contribution in [0.5, 0.6) is 0 Å². The average Bonchev–Trinajstić information content (AvgIpc) is 2.89. The summed E-state index contributed by atoms with van der Waals surface area (Å²) in [5, 5.41) is 44.9. The molecule has 0 aromatic heterocycles. The second-order valence-corrected chi connectivity index (χ2v) is 23.3. The molecule has 0 N–H and O–H groups in total. The van der Waals surface area contributed by atoms with Crippen LogP contribution in [0, 0.1) is 56.7 Å². The highest BCUT2D eigenvalue weighted by Crippen LogP contribution is 2.58. The minimum Gasteiger partial charge on any atom is -0.324 e. The zero-order chi connectivity index (χ0) is 28.3. The van der Waals surface area contributed by atoms with Crippen molar-refractivity contribution < 1.29 is 18.3 Å². The summed E-state index contributed by atoms with van der Waals surface area (Å²) in [6.45, 7) is 1.91. The number of nitrogens with zero attached hydrogens (tertiary/aromatic N) is 5. The molecule has 0 fully saturated rings. The van der Waals surface area contributed by atoms with Crippen molar-refractivity contribution in [3.63, 3.8) is 0 Å². The normalized spacial score (nSPS) is 15.9. The lowest BCUT2D eigenvalue weighted by Crippen LogP contribution is -2.13. The fraction of sp³-hybridized carbons (Fsp3) is 0.792. The smallest absolute Gasteiger partial charge is 0.0902 e. The van der Waals surface area contributed by atoms with Crippen LogP contribution in [0.1, 0.15) is 45.4 Å². The maximum atomic E-state index is 13.9. The van der Waals surface area contributed by atoms with Gasteiger partial charge in [0.1, 0.15) is 0 Å². The predicted octanol–water partition coefficient (Wildman–Crippen LogP) is 6.42. The van der Waals surface area contributed by atoms with Crippen LogP contribution in [0.4, 0.5) is 0 Å². The molecule has 0 aliphatic heterocycles. The van der Waals surface area contributed by atoms with E-state index in [1.807, 2.05) is 37.3 Å². The van der Waals surface area contributed by atoms with E-state index >= 15 is 0 Å². The van der Waals surface area contributed by atoms with Gasteiger partial charge < -0.3 is 18.3 Å². The maximum Gasteiger partial charge on any atom is 0.0902 e. The molecule has 0 radical (unpaired) electrons. The first-order valence-electron chi connectivity index (χ1n) is 12.6. The fourth-order valence-electron chi connectivity index (χ4n) is 4.11. The molecule has 3 unspecified atom stereocenters. The third kappa shape index (κ3) is 15.4. The van der Waals surface area contributed by atoms with E-state index < -0.39 is 28.6 Å². The van der Waals surface area contributed by atoms with E-state index in [0.717, 1.165) is 0 Å². The van der Waals surface area contributed by atoms with E-state index in [1.165, 1.54) is 0 Å². The lowest BCUT2D eigenvalue weighted by Gasteiger charge is -2.25. The van der Waals surface area contributed by atoms with Crippen LogP contribution in [-0.4, -0.2) is 73.9 Å². The molecule has 0 saturated carbocycles. The van der Waals surface area contributed by atoms with Gasteiger partial charge in [-0.25, -0.2) is 0 Å². The van der Waals surface area contributed by atoms with E-state index in [9.17, 15) is 18.3 Å². The SMILES string of the molecule is CCCP(=O)(CCC#N)CCP(=O)(CCC#N)CCP(=O)(CCC#N)CCP(=O)(CCC#N)CCC#N. The van der Waals surface area contributed by atoms with Gasteiger partial charge in [0.2, 0.25) is 0 Å².